The third-order valence-corrected chi connectivity index (χ3v) is 3.08. The Balaban J connectivity index is 2.41. The third kappa shape index (κ3) is 2.31. The van der Waals surface area contributed by atoms with Gasteiger partial charge in [-0.2, -0.15) is 0 Å². The molecule has 1 heterocycles. The lowest BCUT2D eigenvalue weighted by Crippen LogP contribution is -2.38. The fourth-order valence-electron chi connectivity index (χ4n) is 1.92. The van der Waals surface area contributed by atoms with Gasteiger partial charge in [0, 0.05) is 10.9 Å². The summed E-state index contributed by atoms with van der Waals surface area (Å²) in [5.41, 5.74) is 2.31. The summed E-state index contributed by atoms with van der Waals surface area (Å²) in [5, 5.41) is 12.0. The van der Waals surface area contributed by atoms with Crippen LogP contribution in [0.2, 0.25) is 0 Å². The topological polar surface area (TPSA) is 79.5 Å². The molecule has 0 radical (unpaired) electrons. The lowest BCUT2D eigenvalue weighted by molar-refractivity contribution is -0.138. The fourth-order valence-corrected chi connectivity index (χ4v) is 1.92. The van der Waals surface area contributed by atoms with Crippen LogP contribution in [0, 0.1) is 13.8 Å². The van der Waals surface area contributed by atoms with Gasteiger partial charge in [-0.25, -0.2) is 0 Å². The highest BCUT2D eigenvalue weighted by molar-refractivity contribution is 6.00. The molecule has 2 aromatic rings. The number of carbonyl (C=O) groups excluding carboxylic acids is 1. The minimum atomic E-state index is -1.08. The molecule has 0 aliphatic carbocycles. The van der Waals surface area contributed by atoms with E-state index in [2.05, 4.69) is 5.32 Å². The number of hydrogen-bond donors (Lipinski definition) is 2. The number of carboxylic acids is 1. The number of hydrogen-bond acceptors (Lipinski definition) is 3. The number of furan rings is 1. The van der Waals surface area contributed by atoms with Crippen LogP contribution in [0.3, 0.4) is 0 Å². The van der Waals surface area contributed by atoms with Gasteiger partial charge in [0.05, 0.1) is 0 Å². The van der Waals surface area contributed by atoms with Crippen molar-refractivity contribution in [2.45, 2.75) is 26.8 Å². The summed E-state index contributed by atoms with van der Waals surface area (Å²) in [6.45, 7) is 5.09. The molecular weight excluding hydrogens is 246 g/mol. The molecule has 100 valence electrons. The molecule has 0 aliphatic rings. The molecule has 0 spiro atoms. The highest BCUT2D eigenvalue weighted by Crippen LogP contribution is 2.27. The Morgan fingerprint density at radius 1 is 1.32 bits per heavy atom. The molecule has 1 amide bonds. The number of fused-ring (bicyclic) bond motifs is 1. The van der Waals surface area contributed by atoms with E-state index in [0.29, 0.717) is 11.1 Å². The van der Waals surface area contributed by atoms with Crippen LogP contribution in [0.15, 0.2) is 22.6 Å². The van der Waals surface area contributed by atoms with Crippen LogP contribution in [0.4, 0.5) is 0 Å². The normalized spacial score (nSPS) is 12.4. The van der Waals surface area contributed by atoms with Crippen molar-refractivity contribution in [2.24, 2.45) is 0 Å². The molecule has 0 saturated heterocycles. The summed E-state index contributed by atoms with van der Waals surface area (Å²) in [6, 6.07) is 4.70. The van der Waals surface area contributed by atoms with Crippen LogP contribution in [-0.2, 0) is 4.79 Å². The summed E-state index contributed by atoms with van der Waals surface area (Å²) in [4.78, 5) is 22.7. The van der Waals surface area contributed by atoms with Crippen LogP contribution >= 0.6 is 0 Å². The lowest BCUT2D eigenvalue weighted by Gasteiger charge is -2.07. The number of aliphatic carboxylic acids is 1. The van der Waals surface area contributed by atoms with Gasteiger partial charge in [0.15, 0.2) is 5.76 Å². The molecule has 0 bridgehead atoms. The summed E-state index contributed by atoms with van der Waals surface area (Å²) in [7, 11) is 0. The summed E-state index contributed by atoms with van der Waals surface area (Å²) < 4.78 is 5.57. The predicted molar refractivity (Wildman–Crippen MR) is 70.3 cm³/mol. The van der Waals surface area contributed by atoms with Crippen LogP contribution in [0.1, 0.15) is 28.6 Å². The smallest absolute Gasteiger partial charge is 0.325 e. The molecule has 0 saturated carbocycles. The highest BCUT2D eigenvalue weighted by Gasteiger charge is 2.21. The molecule has 5 nitrogen and oxygen atoms in total. The fraction of sp³-hybridized carbons (Fsp3) is 0.286. The average molecular weight is 261 g/mol. The van der Waals surface area contributed by atoms with E-state index in [-0.39, 0.29) is 5.76 Å². The first-order chi connectivity index (χ1) is 8.91. The van der Waals surface area contributed by atoms with Gasteiger partial charge < -0.3 is 14.8 Å². The number of aryl methyl sites for hydroxylation is 2. The maximum absolute atomic E-state index is 12.0. The number of nitrogens with one attached hydrogen (secondary N) is 1. The van der Waals surface area contributed by atoms with Gasteiger partial charge in [0.2, 0.25) is 0 Å². The van der Waals surface area contributed by atoms with Crippen molar-refractivity contribution in [1.29, 1.82) is 0 Å². The van der Waals surface area contributed by atoms with Gasteiger partial charge in [-0.05, 0) is 26.3 Å². The summed E-state index contributed by atoms with van der Waals surface area (Å²) in [5.74, 6) is -1.43. The Hall–Kier alpha value is -2.30. The average Bonchev–Trinajstić information content (AvgIpc) is 2.68. The molecule has 0 aliphatic heterocycles. The van der Waals surface area contributed by atoms with Gasteiger partial charge in [0.1, 0.15) is 11.6 Å². The Bertz CT molecular complexity index is 657. The van der Waals surface area contributed by atoms with E-state index in [1.165, 1.54) is 6.92 Å². The van der Waals surface area contributed by atoms with E-state index < -0.39 is 17.9 Å². The standard InChI is InChI=1S/C14H15NO4/c1-7-5-4-6-10-8(2)12(19-11(7)10)13(16)15-9(3)14(17)18/h4-6,9H,1-3H3,(H,15,16)(H,17,18)/t9-/m0/s1. The Kier molecular flexibility index (Phi) is 3.29. The molecular formula is C14H15NO4. The molecule has 2 N–H and O–H groups in total. The molecule has 19 heavy (non-hydrogen) atoms. The number of carbonyl (C=O) groups is 2. The summed E-state index contributed by atoms with van der Waals surface area (Å²) in [6.07, 6.45) is 0. The van der Waals surface area contributed by atoms with Crippen LogP contribution < -0.4 is 5.32 Å². The highest BCUT2D eigenvalue weighted by atomic mass is 16.4. The monoisotopic (exact) mass is 261 g/mol. The van der Waals surface area contributed by atoms with Crippen LogP contribution in [0.5, 0.6) is 0 Å². The number of para-hydroxylation sites is 1. The maximum Gasteiger partial charge on any atom is 0.325 e. The largest absolute Gasteiger partial charge is 0.480 e. The molecule has 0 unspecified atom stereocenters. The van der Waals surface area contributed by atoms with Gasteiger partial charge in [0.25, 0.3) is 5.91 Å². The van der Waals surface area contributed by atoms with Crippen LogP contribution in [0.25, 0.3) is 11.0 Å². The number of amides is 1. The second-order valence-corrected chi connectivity index (χ2v) is 4.54. The Labute approximate surface area is 110 Å². The number of carboxylic acid groups (broad SMARTS) is 1. The second kappa shape index (κ2) is 4.76. The third-order valence-electron chi connectivity index (χ3n) is 3.08. The predicted octanol–water partition coefficient (Wildman–Crippen LogP) is 2.25. The first kappa shape index (κ1) is 13.1. The number of benzene rings is 1. The van der Waals surface area contributed by atoms with E-state index >= 15 is 0 Å². The molecule has 1 aromatic heterocycles. The minimum Gasteiger partial charge on any atom is -0.480 e. The Morgan fingerprint density at radius 2 is 2.00 bits per heavy atom. The molecule has 1 atom stereocenters. The van der Waals surface area contributed by atoms with Crippen molar-refractivity contribution < 1.29 is 19.1 Å². The Morgan fingerprint density at radius 3 is 2.58 bits per heavy atom. The van der Waals surface area contributed by atoms with Crippen molar-refractivity contribution >= 4 is 22.8 Å². The quantitative estimate of drug-likeness (QED) is 0.888. The van der Waals surface area contributed by atoms with Gasteiger partial charge in [-0.1, -0.05) is 18.2 Å². The van der Waals surface area contributed by atoms with Gasteiger partial charge >= 0.3 is 5.97 Å². The summed E-state index contributed by atoms with van der Waals surface area (Å²) >= 11 is 0. The zero-order valence-electron chi connectivity index (χ0n) is 11.0. The zero-order valence-corrected chi connectivity index (χ0v) is 11.0. The van der Waals surface area contributed by atoms with Crippen molar-refractivity contribution in [3.05, 3.63) is 35.1 Å². The number of rotatable bonds is 3. The minimum absolute atomic E-state index is 0.164. The first-order valence-electron chi connectivity index (χ1n) is 5.94. The molecule has 5 heteroatoms. The van der Waals surface area contributed by atoms with Crippen molar-refractivity contribution in [3.63, 3.8) is 0 Å². The van der Waals surface area contributed by atoms with Crippen molar-refractivity contribution in [3.8, 4) is 0 Å². The SMILES string of the molecule is Cc1c(C(=O)N[C@@H](C)C(=O)O)oc2c(C)cccc12. The van der Waals surface area contributed by atoms with E-state index in [1.54, 1.807) is 6.92 Å². The molecule has 2 rings (SSSR count). The first-order valence-corrected chi connectivity index (χ1v) is 5.94. The van der Waals surface area contributed by atoms with E-state index in [4.69, 9.17) is 9.52 Å². The maximum atomic E-state index is 12.0. The van der Waals surface area contributed by atoms with Crippen LogP contribution in [-0.4, -0.2) is 23.0 Å². The van der Waals surface area contributed by atoms with Gasteiger partial charge in [-0.3, -0.25) is 9.59 Å². The van der Waals surface area contributed by atoms with E-state index in [0.717, 1.165) is 10.9 Å². The second-order valence-electron chi connectivity index (χ2n) is 4.54. The lowest BCUT2D eigenvalue weighted by atomic mass is 10.1. The zero-order chi connectivity index (χ0) is 14.2. The van der Waals surface area contributed by atoms with Crippen molar-refractivity contribution in [2.75, 3.05) is 0 Å². The molecule has 1 aromatic carbocycles. The molecule has 0 fully saturated rings. The van der Waals surface area contributed by atoms with Gasteiger partial charge in [-0.15, -0.1) is 0 Å². The van der Waals surface area contributed by atoms with E-state index in [1.807, 2.05) is 25.1 Å². The van der Waals surface area contributed by atoms with E-state index in [9.17, 15) is 9.59 Å². The van der Waals surface area contributed by atoms with Crippen molar-refractivity contribution in [1.82, 2.24) is 5.32 Å².